The molecule has 0 saturated heterocycles. The van der Waals surface area contributed by atoms with Crippen molar-refractivity contribution >= 4 is 34.7 Å². The fourth-order valence-corrected chi connectivity index (χ4v) is 1.74. The molecule has 2 rings (SSSR count). The van der Waals surface area contributed by atoms with Crippen LogP contribution in [0.1, 0.15) is 5.69 Å². The summed E-state index contributed by atoms with van der Waals surface area (Å²) in [4.78, 5) is 15.3. The van der Waals surface area contributed by atoms with Gasteiger partial charge in [0.25, 0.3) is 0 Å². The number of aromatic nitrogens is 2. The highest BCUT2D eigenvalue weighted by Gasteiger charge is 2.05. The minimum atomic E-state index is -0.847. The lowest BCUT2D eigenvalue weighted by Gasteiger charge is -1.84. The number of imidazole rings is 1. The van der Waals surface area contributed by atoms with Crippen LogP contribution in [0.15, 0.2) is 17.8 Å². The molecule has 7 heteroatoms. The molecular weight excluding hydrogens is 228 g/mol. The van der Waals surface area contributed by atoms with E-state index in [9.17, 15) is 4.79 Å². The molecule has 0 aliphatic carbocycles. The summed E-state index contributed by atoms with van der Waals surface area (Å²) < 4.78 is 1.82. The molecule has 0 aromatic carbocycles. The number of nitrogens with zero attached hydrogens (tertiary/aromatic N) is 2. The molecule has 0 spiro atoms. The second kappa shape index (κ2) is 4.94. The van der Waals surface area contributed by atoms with Gasteiger partial charge in [0.15, 0.2) is 4.96 Å². The third kappa shape index (κ3) is 2.44. The fourth-order valence-electron chi connectivity index (χ4n) is 1.02. The Kier molecular flexibility index (Phi) is 4.55. The van der Waals surface area contributed by atoms with E-state index in [1.165, 1.54) is 11.3 Å². The zero-order valence-corrected chi connectivity index (χ0v) is 8.64. The van der Waals surface area contributed by atoms with Crippen molar-refractivity contribution in [1.82, 2.24) is 9.38 Å². The minimum Gasteiger partial charge on any atom is -0.481 e. The summed E-state index contributed by atoms with van der Waals surface area (Å²) in [6.45, 7) is 0. The number of halogens is 1. The summed E-state index contributed by atoms with van der Waals surface area (Å²) in [6.07, 6.45) is 3.59. The Balaban J connectivity index is 0.000000845. The second-order valence-corrected chi connectivity index (χ2v) is 3.27. The van der Waals surface area contributed by atoms with E-state index in [4.69, 9.17) is 5.11 Å². The standard InChI is InChI=1S/C7H6N2O2S.ClH.H2O/c10-6(11)3-5-4-9-1-2-12-7(9)8-5;;/h1-2,4H,3H2,(H,10,11);1H;1H2. The number of carboxylic acids is 1. The van der Waals surface area contributed by atoms with Gasteiger partial charge in [-0.15, -0.1) is 23.7 Å². The Labute approximate surface area is 89.7 Å². The van der Waals surface area contributed by atoms with Crippen molar-refractivity contribution in [3.8, 4) is 0 Å². The van der Waals surface area contributed by atoms with Crippen LogP contribution in [0.2, 0.25) is 0 Å². The normalized spacial score (nSPS) is 9.14. The van der Waals surface area contributed by atoms with Gasteiger partial charge in [-0.25, -0.2) is 4.98 Å². The Hall–Kier alpha value is -1.11. The second-order valence-electron chi connectivity index (χ2n) is 2.40. The van der Waals surface area contributed by atoms with Crippen molar-refractivity contribution < 1.29 is 15.4 Å². The summed E-state index contributed by atoms with van der Waals surface area (Å²) in [7, 11) is 0. The largest absolute Gasteiger partial charge is 0.481 e. The van der Waals surface area contributed by atoms with Gasteiger partial charge in [0.2, 0.25) is 0 Å². The van der Waals surface area contributed by atoms with Crippen molar-refractivity contribution in [2.45, 2.75) is 6.42 Å². The molecule has 0 aliphatic rings. The molecule has 2 aromatic heterocycles. The van der Waals surface area contributed by atoms with Crippen LogP contribution >= 0.6 is 23.7 Å². The third-order valence-electron chi connectivity index (χ3n) is 1.48. The summed E-state index contributed by atoms with van der Waals surface area (Å²) in [6, 6.07) is 0. The molecule has 14 heavy (non-hydrogen) atoms. The smallest absolute Gasteiger partial charge is 0.309 e. The van der Waals surface area contributed by atoms with E-state index in [-0.39, 0.29) is 24.3 Å². The monoisotopic (exact) mass is 236 g/mol. The van der Waals surface area contributed by atoms with Gasteiger partial charge in [0.05, 0.1) is 12.1 Å². The van der Waals surface area contributed by atoms with Gasteiger partial charge < -0.3 is 10.6 Å². The van der Waals surface area contributed by atoms with E-state index in [1.54, 1.807) is 6.20 Å². The zero-order valence-electron chi connectivity index (χ0n) is 7.01. The molecule has 0 radical (unpaired) electrons. The summed E-state index contributed by atoms with van der Waals surface area (Å²) >= 11 is 1.49. The average Bonchev–Trinajstić information content (AvgIpc) is 2.43. The van der Waals surface area contributed by atoms with E-state index in [0.29, 0.717) is 5.69 Å². The predicted octanol–water partition coefficient (Wildman–Crippen LogP) is 0.620. The molecule has 0 atom stereocenters. The molecule has 0 bridgehead atoms. The van der Waals surface area contributed by atoms with Crippen LogP contribution in [0.25, 0.3) is 4.96 Å². The van der Waals surface area contributed by atoms with Gasteiger partial charge in [-0.1, -0.05) is 0 Å². The van der Waals surface area contributed by atoms with Crippen LogP contribution in [0.3, 0.4) is 0 Å². The van der Waals surface area contributed by atoms with Crippen molar-refractivity contribution in [2.24, 2.45) is 0 Å². The lowest BCUT2D eigenvalue weighted by Crippen LogP contribution is -1.99. The van der Waals surface area contributed by atoms with Crippen LogP contribution in [-0.4, -0.2) is 25.9 Å². The molecular formula is C7H9ClN2O3S. The summed E-state index contributed by atoms with van der Waals surface area (Å²) in [5, 5.41) is 10.4. The van der Waals surface area contributed by atoms with Crippen LogP contribution in [0.5, 0.6) is 0 Å². The van der Waals surface area contributed by atoms with Gasteiger partial charge in [0.1, 0.15) is 0 Å². The highest BCUT2D eigenvalue weighted by molar-refractivity contribution is 7.15. The molecule has 2 heterocycles. The molecule has 0 fully saturated rings. The summed E-state index contributed by atoms with van der Waals surface area (Å²) in [5.41, 5.74) is 0.606. The van der Waals surface area contributed by atoms with Crippen molar-refractivity contribution in [3.05, 3.63) is 23.5 Å². The third-order valence-corrected chi connectivity index (χ3v) is 2.25. The van der Waals surface area contributed by atoms with E-state index in [1.807, 2.05) is 16.0 Å². The highest BCUT2D eigenvalue weighted by atomic mass is 35.5. The minimum absolute atomic E-state index is 0. The van der Waals surface area contributed by atoms with Crippen LogP contribution in [-0.2, 0) is 11.2 Å². The first kappa shape index (κ1) is 12.9. The maximum absolute atomic E-state index is 10.3. The number of carboxylic acid groups (broad SMARTS) is 1. The molecule has 0 amide bonds. The molecule has 0 aliphatic heterocycles. The number of carbonyl (C=O) groups is 1. The fraction of sp³-hybridized carbons (Fsp3) is 0.143. The lowest BCUT2D eigenvalue weighted by molar-refractivity contribution is -0.136. The van der Waals surface area contributed by atoms with Gasteiger partial charge in [0, 0.05) is 17.8 Å². The number of hydrogen-bond donors (Lipinski definition) is 1. The zero-order chi connectivity index (χ0) is 8.55. The first-order valence-electron chi connectivity index (χ1n) is 3.38. The first-order valence-corrected chi connectivity index (χ1v) is 4.26. The maximum Gasteiger partial charge on any atom is 0.309 e. The molecule has 3 N–H and O–H groups in total. The maximum atomic E-state index is 10.3. The molecule has 5 nitrogen and oxygen atoms in total. The van der Waals surface area contributed by atoms with Crippen LogP contribution in [0, 0.1) is 0 Å². The quantitative estimate of drug-likeness (QED) is 0.829. The Morgan fingerprint density at radius 3 is 2.93 bits per heavy atom. The molecule has 0 unspecified atom stereocenters. The van der Waals surface area contributed by atoms with Crippen LogP contribution < -0.4 is 0 Å². The predicted molar refractivity (Wildman–Crippen MR) is 55.3 cm³/mol. The Morgan fingerprint density at radius 1 is 1.64 bits per heavy atom. The Morgan fingerprint density at radius 2 is 2.36 bits per heavy atom. The number of fused-ring (bicyclic) bond motifs is 1. The van der Waals surface area contributed by atoms with E-state index in [2.05, 4.69) is 4.98 Å². The number of rotatable bonds is 2. The summed E-state index contributed by atoms with van der Waals surface area (Å²) in [5.74, 6) is -0.847. The SMILES string of the molecule is Cl.O.O=C(O)Cc1cn2ccsc2n1. The first-order chi connectivity index (χ1) is 5.75. The van der Waals surface area contributed by atoms with Crippen molar-refractivity contribution in [2.75, 3.05) is 0 Å². The number of aliphatic carboxylic acids is 1. The van der Waals surface area contributed by atoms with Gasteiger partial charge in [-0.3, -0.25) is 9.20 Å². The van der Waals surface area contributed by atoms with E-state index in [0.717, 1.165) is 4.96 Å². The van der Waals surface area contributed by atoms with E-state index < -0.39 is 5.97 Å². The number of thiazole rings is 1. The Bertz CT molecular complexity index is 397. The van der Waals surface area contributed by atoms with Gasteiger partial charge >= 0.3 is 5.97 Å². The molecule has 78 valence electrons. The van der Waals surface area contributed by atoms with E-state index >= 15 is 0 Å². The number of hydrogen-bond acceptors (Lipinski definition) is 3. The lowest BCUT2D eigenvalue weighted by atomic mass is 10.3. The average molecular weight is 237 g/mol. The highest BCUT2D eigenvalue weighted by Crippen LogP contribution is 2.11. The van der Waals surface area contributed by atoms with Gasteiger partial charge in [-0.2, -0.15) is 0 Å². The topological polar surface area (TPSA) is 86.1 Å². The molecule has 2 aromatic rings. The van der Waals surface area contributed by atoms with Crippen LogP contribution in [0.4, 0.5) is 0 Å². The molecule has 0 saturated carbocycles. The van der Waals surface area contributed by atoms with Crippen molar-refractivity contribution in [1.29, 1.82) is 0 Å². The van der Waals surface area contributed by atoms with Gasteiger partial charge in [-0.05, 0) is 0 Å². The van der Waals surface area contributed by atoms with Crippen molar-refractivity contribution in [3.63, 3.8) is 0 Å².